The number of benzene rings is 1. The third kappa shape index (κ3) is 3.02. The fourth-order valence-corrected chi connectivity index (χ4v) is 6.48. The van der Waals surface area contributed by atoms with Crippen molar-refractivity contribution in [2.24, 2.45) is 5.41 Å². The van der Waals surface area contributed by atoms with Gasteiger partial charge in [-0.2, -0.15) is 0 Å². The van der Waals surface area contributed by atoms with Crippen LogP contribution in [0.25, 0.3) is 33.1 Å². The molecule has 7 heteroatoms. The Morgan fingerprint density at radius 1 is 1.15 bits per heavy atom. The molecule has 34 heavy (non-hydrogen) atoms. The maximum absolute atomic E-state index is 12.7. The van der Waals surface area contributed by atoms with Gasteiger partial charge < -0.3 is 15.6 Å². The van der Waals surface area contributed by atoms with E-state index in [0.29, 0.717) is 12.4 Å². The molecule has 2 saturated carbocycles. The lowest BCUT2D eigenvalue weighted by Gasteiger charge is -2.31. The van der Waals surface area contributed by atoms with Gasteiger partial charge >= 0.3 is 0 Å². The number of halogens is 1. The van der Waals surface area contributed by atoms with E-state index in [1.54, 1.807) is 0 Å². The molecular formula is C27H27FN6. The van der Waals surface area contributed by atoms with Crippen LogP contribution in [0.4, 0.5) is 10.2 Å². The number of alkyl halides is 1. The molecule has 6 nitrogen and oxygen atoms in total. The minimum atomic E-state index is -0.343. The van der Waals surface area contributed by atoms with E-state index in [9.17, 15) is 4.39 Å². The second kappa shape index (κ2) is 7.78. The summed E-state index contributed by atoms with van der Waals surface area (Å²) in [5, 5.41) is 5.14. The number of fused-ring (bicyclic) bond motifs is 4. The molecule has 2 aliphatic rings. The number of anilines is 1. The van der Waals surface area contributed by atoms with E-state index in [0.717, 1.165) is 77.4 Å². The Morgan fingerprint density at radius 2 is 1.97 bits per heavy atom. The molecule has 3 heterocycles. The predicted molar refractivity (Wildman–Crippen MR) is 133 cm³/mol. The highest BCUT2D eigenvalue weighted by Gasteiger charge is 2.56. The first-order valence-electron chi connectivity index (χ1n) is 11.8. The minimum absolute atomic E-state index is 0.124. The van der Waals surface area contributed by atoms with Crippen LogP contribution in [-0.2, 0) is 5.54 Å². The van der Waals surface area contributed by atoms with Crippen LogP contribution in [0.2, 0.25) is 0 Å². The highest BCUT2D eigenvalue weighted by atomic mass is 19.1. The first-order valence-corrected chi connectivity index (χ1v) is 11.8. The zero-order chi connectivity index (χ0) is 23.3. The first kappa shape index (κ1) is 21.1. The molecule has 0 saturated heterocycles. The fraction of sp³-hybridized carbons (Fsp3) is 0.370. The zero-order valence-corrected chi connectivity index (χ0v) is 19.0. The van der Waals surface area contributed by atoms with Gasteiger partial charge in [0.15, 0.2) is 0 Å². The SMILES string of the molecule is C#Cc1c(-c2cnc3ccccc3c2)c2c(N)ncnc2n1C12CCC(CNCCF)(CC1)C2. The van der Waals surface area contributed by atoms with E-state index in [2.05, 4.69) is 31.8 Å². The number of nitrogens with one attached hydrogen (secondary N) is 1. The molecule has 0 spiro atoms. The summed E-state index contributed by atoms with van der Waals surface area (Å²) in [7, 11) is 0. The molecule has 2 aliphatic carbocycles. The summed E-state index contributed by atoms with van der Waals surface area (Å²) >= 11 is 0. The molecule has 2 bridgehead atoms. The maximum atomic E-state index is 12.7. The van der Waals surface area contributed by atoms with Gasteiger partial charge in [0.1, 0.15) is 30.2 Å². The van der Waals surface area contributed by atoms with Crippen molar-refractivity contribution in [2.75, 3.05) is 25.5 Å². The van der Waals surface area contributed by atoms with E-state index in [4.69, 9.17) is 17.1 Å². The van der Waals surface area contributed by atoms with Gasteiger partial charge in [0.05, 0.1) is 10.9 Å². The molecule has 2 fully saturated rings. The monoisotopic (exact) mass is 454 g/mol. The molecule has 6 rings (SSSR count). The largest absolute Gasteiger partial charge is 0.383 e. The Morgan fingerprint density at radius 3 is 2.76 bits per heavy atom. The molecular weight excluding hydrogens is 427 g/mol. The minimum Gasteiger partial charge on any atom is -0.383 e. The zero-order valence-electron chi connectivity index (χ0n) is 19.0. The number of aromatic nitrogens is 4. The number of para-hydroxylation sites is 1. The normalized spacial score (nSPS) is 23.6. The van der Waals surface area contributed by atoms with E-state index in [1.807, 2.05) is 30.5 Å². The Balaban J connectivity index is 1.55. The van der Waals surface area contributed by atoms with Gasteiger partial charge in [-0.25, -0.2) is 14.4 Å². The molecule has 4 aromatic rings. The Kier molecular flexibility index (Phi) is 4.82. The number of nitrogens with zero attached hydrogens (tertiary/aromatic N) is 4. The number of pyridine rings is 1. The van der Waals surface area contributed by atoms with Crippen molar-refractivity contribution in [1.82, 2.24) is 24.8 Å². The van der Waals surface area contributed by atoms with Crippen molar-refractivity contribution in [3.05, 3.63) is 48.5 Å². The molecule has 3 aromatic heterocycles. The average molecular weight is 455 g/mol. The van der Waals surface area contributed by atoms with Gasteiger partial charge in [0, 0.05) is 41.3 Å². The van der Waals surface area contributed by atoms with Crippen LogP contribution in [0.5, 0.6) is 0 Å². The Hall–Kier alpha value is -3.50. The van der Waals surface area contributed by atoms with E-state index in [1.165, 1.54) is 6.33 Å². The lowest BCUT2D eigenvalue weighted by atomic mass is 9.84. The van der Waals surface area contributed by atoms with Crippen molar-refractivity contribution >= 4 is 27.8 Å². The van der Waals surface area contributed by atoms with Crippen LogP contribution in [-0.4, -0.2) is 39.3 Å². The van der Waals surface area contributed by atoms with Gasteiger partial charge in [-0.1, -0.05) is 24.1 Å². The molecule has 0 atom stereocenters. The number of rotatable bonds is 6. The third-order valence-corrected chi connectivity index (χ3v) is 7.99. The molecule has 0 unspecified atom stereocenters. The number of nitrogens with two attached hydrogens (primary N) is 1. The van der Waals surface area contributed by atoms with Crippen LogP contribution in [0, 0.1) is 17.8 Å². The Bertz CT molecular complexity index is 1440. The van der Waals surface area contributed by atoms with Crippen LogP contribution in [0.3, 0.4) is 0 Å². The van der Waals surface area contributed by atoms with Crippen molar-refractivity contribution in [3.63, 3.8) is 0 Å². The van der Waals surface area contributed by atoms with Gasteiger partial charge in [0.2, 0.25) is 0 Å². The van der Waals surface area contributed by atoms with Gasteiger partial charge in [-0.05, 0) is 49.7 Å². The van der Waals surface area contributed by atoms with Gasteiger partial charge in [0.25, 0.3) is 0 Å². The summed E-state index contributed by atoms with van der Waals surface area (Å²) in [6, 6.07) is 10.1. The lowest BCUT2D eigenvalue weighted by molar-refractivity contribution is 0.265. The molecule has 0 aliphatic heterocycles. The van der Waals surface area contributed by atoms with E-state index in [-0.39, 0.29) is 17.6 Å². The maximum Gasteiger partial charge on any atom is 0.147 e. The lowest BCUT2D eigenvalue weighted by Crippen LogP contribution is -2.32. The highest BCUT2D eigenvalue weighted by molar-refractivity contribution is 6.04. The third-order valence-electron chi connectivity index (χ3n) is 7.99. The van der Waals surface area contributed by atoms with E-state index >= 15 is 0 Å². The summed E-state index contributed by atoms with van der Waals surface area (Å²) < 4.78 is 15.0. The fourth-order valence-electron chi connectivity index (χ4n) is 6.48. The number of hydrogen-bond donors (Lipinski definition) is 2. The van der Waals surface area contributed by atoms with Crippen molar-refractivity contribution < 1.29 is 4.39 Å². The summed E-state index contributed by atoms with van der Waals surface area (Å²) in [5.74, 6) is 3.42. The second-order valence-corrected chi connectivity index (χ2v) is 9.84. The smallest absolute Gasteiger partial charge is 0.147 e. The van der Waals surface area contributed by atoms with Crippen LogP contribution in [0.15, 0.2) is 42.9 Å². The molecule has 3 N–H and O–H groups in total. The number of terminal acetylenes is 1. The van der Waals surface area contributed by atoms with Crippen molar-refractivity contribution in [2.45, 2.75) is 37.6 Å². The second-order valence-electron chi connectivity index (χ2n) is 9.84. The number of hydrogen-bond acceptors (Lipinski definition) is 5. The average Bonchev–Trinajstić information content (AvgIpc) is 3.53. The molecule has 0 radical (unpaired) electrons. The predicted octanol–water partition coefficient (Wildman–Crippen LogP) is 4.43. The van der Waals surface area contributed by atoms with Crippen LogP contribution >= 0.6 is 0 Å². The summed E-state index contributed by atoms with van der Waals surface area (Å²) in [4.78, 5) is 13.7. The van der Waals surface area contributed by atoms with Crippen LogP contribution in [0.1, 0.15) is 37.8 Å². The van der Waals surface area contributed by atoms with Crippen LogP contribution < -0.4 is 11.1 Å². The van der Waals surface area contributed by atoms with Gasteiger partial charge in [-0.3, -0.25) is 4.98 Å². The number of nitrogen functional groups attached to an aromatic ring is 1. The quantitative estimate of drug-likeness (QED) is 0.333. The first-order chi connectivity index (χ1) is 16.6. The van der Waals surface area contributed by atoms with Crippen molar-refractivity contribution in [1.29, 1.82) is 0 Å². The summed E-state index contributed by atoms with van der Waals surface area (Å²) in [5.41, 5.74) is 10.8. The molecule has 0 amide bonds. The highest BCUT2D eigenvalue weighted by Crippen LogP contribution is 2.61. The summed E-state index contributed by atoms with van der Waals surface area (Å²) in [6.07, 6.45) is 14.8. The Labute approximate surface area is 197 Å². The summed E-state index contributed by atoms with van der Waals surface area (Å²) in [6.45, 7) is 0.894. The molecule has 172 valence electrons. The topological polar surface area (TPSA) is 81.7 Å². The van der Waals surface area contributed by atoms with Gasteiger partial charge in [-0.15, -0.1) is 6.42 Å². The van der Waals surface area contributed by atoms with Crippen molar-refractivity contribution in [3.8, 4) is 23.5 Å². The molecule has 1 aromatic carbocycles. The van der Waals surface area contributed by atoms with E-state index < -0.39 is 0 Å². The standard InChI is InChI=1S/C27H27FN6/c1-2-21-22(19-13-18-5-3-4-6-20(18)31-14-19)23-24(29)32-17-33-25(23)34(21)27-9-7-26(15-27,8-10-27)16-30-12-11-28/h1,3-6,13-14,17,30H,7-12,15-16H2,(H2,29,32,33).